The maximum absolute atomic E-state index is 14.2. The van der Waals surface area contributed by atoms with E-state index in [1.165, 1.54) is 24.3 Å². The van der Waals surface area contributed by atoms with Gasteiger partial charge in [-0.1, -0.05) is 6.92 Å². The number of hydrogen-bond acceptors (Lipinski definition) is 6. The quantitative estimate of drug-likeness (QED) is 0.328. The lowest BCUT2D eigenvalue weighted by Gasteiger charge is -2.36. The molecule has 45 heavy (non-hydrogen) atoms. The van der Waals surface area contributed by atoms with Crippen LogP contribution in [0.2, 0.25) is 0 Å². The highest BCUT2D eigenvalue weighted by Crippen LogP contribution is 2.28. The van der Waals surface area contributed by atoms with Crippen LogP contribution in [0.4, 0.5) is 25.4 Å². The predicted molar refractivity (Wildman–Crippen MR) is 172 cm³/mol. The molecule has 0 saturated carbocycles. The van der Waals surface area contributed by atoms with Crippen LogP contribution in [0.15, 0.2) is 42.5 Å². The molecular formula is C33H48FN5O6. The summed E-state index contributed by atoms with van der Waals surface area (Å²) in [7, 11) is 1.72. The lowest BCUT2D eigenvalue weighted by atomic mass is 10.0. The number of nitrogens with one attached hydrogen (secondary N) is 3. The maximum atomic E-state index is 14.2. The summed E-state index contributed by atoms with van der Waals surface area (Å²) in [6.07, 6.45) is 1.79. The highest BCUT2D eigenvalue weighted by atomic mass is 19.1. The lowest BCUT2D eigenvalue weighted by Crippen LogP contribution is -2.49. The van der Waals surface area contributed by atoms with E-state index in [4.69, 9.17) is 9.47 Å². The minimum absolute atomic E-state index is 0.0153. The Bertz CT molecular complexity index is 1280. The fourth-order valence-corrected chi connectivity index (χ4v) is 5.00. The van der Waals surface area contributed by atoms with Gasteiger partial charge in [0, 0.05) is 50.1 Å². The number of halogens is 1. The molecule has 0 unspecified atom stereocenters. The number of likely N-dealkylation sites (N-methyl/N-ethyl adjacent to an activating group) is 1. The van der Waals surface area contributed by atoms with Crippen LogP contribution in [0.3, 0.4) is 0 Å². The molecule has 4 N–H and O–H groups in total. The molecule has 0 radical (unpaired) electrons. The molecule has 0 bridgehead atoms. The normalized spacial score (nSPS) is 20.3. The second kappa shape index (κ2) is 17.0. The molecule has 12 heteroatoms. The zero-order valence-corrected chi connectivity index (χ0v) is 27.1. The number of aliphatic hydroxyl groups is 1. The Labute approximate surface area is 265 Å². The average Bonchev–Trinajstić information content (AvgIpc) is 2.99. The highest BCUT2D eigenvalue weighted by Gasteiger charge is 2.31. The maximum Gasteiger partial charge on any atom is 0.323 e. The molecule has 1 aliphatic rings. The first-order valence-corrected chi connectivity index (χ1v) is 15.6. The van der Waals surface area contributed by atoms with Crippen molar-refractivity contribution in [1.82, 2.24) is 15.1 Å². The van der Waals surface area contributed by atoms with E-state index in [-0.39, 0.29) is 54.8 Å². The highest BCUT2D eigenvalue weighted by molar-refractivity contribution is 6.02. The second-order valence-electron chi connectivity index (χ2n) is 12.1. The van der Waals surface area contributed by atoms with E-state index >= 15 is 0 Å². The summed E-state index contributed by atoms with van der Waals surface area (Å²) >= 11 is 0. The largest absolute Gasteiger partial charge is 0.490 e. The van der Waals surface area contributed by atoms with Crippen LogP contribution in [0, 0.1) is 11.7 Å². The molecule has 2 aromatic carbocycles. The Morgan fingerprint density at radius 2 is 1.73 bits per heavy atom. The van der Waals surface area contributed by atoms with Crippen LogP contribution in [0.25, 0.3) is 0 Å². The van der Waals surface area contributed by atoms with Crippen LogP contribution in [0.5, 0.6) is 5.75 Å². The summed E-state index contributed by atoms with van der Waals surface area (Å²) in [4.78, 5) is 42.8. The molecule has 1 heterocycles. The van der Waals surface area contributed by atoms with Gasteiger partial charge in [-0.05, 0) is 89.4 Å². The Hall–Kier alpha value is -3.90. The summed E-state index contributed by atoms with van der Waals surface area (Å²) < 4.78 is 25.8. The second-order valence-corrected chi connectivity index (χ2v) is 12.1. The van der Waals surface area contributed by atoms with E-state index in [0.717, 1.165) is 19.3 Å². The minimum atomic E-state index is -0.566. The molecule has 2 aromatic rings. The van der Waals surface area contributed by atoms with Gasteiger partial charge in [-0.15, -0.1) is 0 Å². The van der Waals surface area contributed by atoms with Crippen LogP contribution < -0.4 is 20.7 Å². The molecule has 0 saturated heterocycles. The van der Waals surface area contributed by atoms with E-state index < -0.39 is 17.9 Å². The summed E-state index contributed by atoms with van der Waals surface area (Å²) in [5.74, 6) is -0.631. The van der Waals surface area contributed by atoms with Crippen LogP contribution in [0.1, 0.15) is 64.2 Å². The number of carbonyl (C=O) groups excluding carboxylic acids is 3. The molecular weight excluding hydrogens is 581 g/mol. The first-order valence-electron chi connectivity index (χ1n) is 15.6. The number of rotatable bonds is 7. The third-order valence-corrected chi connectivity index (χ3v) is 7.62. The average molecular weight is 630 g/mol. The van der Waals surface area contributed by atoms with Crippen molar-refractivity contribution in [2.24, 2.45) is 5.92 Å². The summed E-state index contributed by atoms with van der Waals surface area (Å²) in [5.41, 5.74) is 0.987. The van der Waals surface area contributed by atoms with E-state index in [9.17, 15) is 23.9 Å². The molecule has 3 rings (SSSR count). The van der Waals surface area contributed by atoms with Crippen molar-refractivity contribution < 1.29 is 33.4 Å². The number of urea groups is 2. The van der Waals surface area contributed by atoms with Gasteiger partial charge in [0.05, 0.1) is 30.4 Å². The molecule has 4 atom stereocenters. The van der Waals surface area contributed by atoms with E-state index in [1.54, 1.807) is 42.0 Å². The number of carbonyl (C=O) groups is 3. The molecule has 0 fully saturated rings. The van der Waals surface area contributed by atoms with Gasteiger partial charge >= 0.3 is 12.1 Å². The Morgan fingerprint density at radius 3 is 2.40 bits per heavy atom. The van der Waals surface area contributed by atoms with Crippen molar-refractivity contribution in [2.45, 2.75) is 78.2 Å². The van der Waals surface area contributed by atoms with Crippen LogP contribution in [-0.2, 0) is 4.74 Å². The molecule has 0 aromatic heterocycles. The number of benzene rings is 2. The van der Waals surface area contributed by atoms with Gasteiger partial charge in [0.2, 0.25) is 0 Å². The number of aliphatic hydroxyl groups excluding tert-OH is 1. The Morgan fingerprint density at radius 1 is 1.07 bits per heavy atom. The van der Waals surface area contributed by atoms with E-state index in [2.05, 4.69) is 16.0 Å². The number of ether oxygens (including phenoxy) is 2. The third-order valence-electron chi connectivity index (χ3n) is 7.62. The van der Waals surface area contributed by atoms with Gasteiger partial charge in [-0.3, -0.25) is 4.79 Å². The van der Waals surface area contributed by atoms with Gasteiger partial charge in [-0.25, -0.2) is 14.0 Å². The van der Waals surface area contributed by atoms with Crippen molar-refractivity contribution in [2.75, 3.05) is 44.0 Å². The van der Waals surface area contributed by atoms with Crippen molar-refractivity contribution in [3.63, 3.8) is 0 Å². The number of nitrogens with zero attached hydrogens (tertiary/aromatic N) is 2. The number of anilines is 2. The zero-order valence-electron chi connectivity index (χ0n) is 27.1. The van der Waals surface area contributed by atoms with E-state index in [0.29, 0.717) is 30.3 Å². The molecule has 11 nitrogen and oxygen atoms in total. The van der Waals surface area contributed by atoms with Crippen LogP contribution in [-0.4, -0.2) is 90.5 Å². The van der Waals surface area contributed by atoms with Crippen molar-refractivity contribution in [1.29, 1.82) is 0 Å². The van der Waals surface area contributed by atoms with E-state index in [1.807, 2.05) is 27.7 Å². The molecule has 0 spiro atoms. The van der Waals surface area contributed by atoms with Crippen molar-refractivity contribution in [3.05, 3.63) is 53.8 Å². The van der Waals surface area contributed by atoms with Gasteiger partial charge < -0.3 is 40.3 Å². The van der Waals surface area contributed by atoms with Gasteiger partial charge in [0.15, 0.2) is 0 Å². The van der Waals surface area contributed by atoms with Crippen molar-refractivity contribution >= 4 is 29.3 Å². The first kappa shape index (κ1) is 35.6. The van der Waals surface area contributed by atoms with Gasteiger partial charge in [0.25, 0.3) is 5.91 Å². The zero-order chi connectivity index (χ0) is 33.1. The molecule has 5 amide bonds. The number of amides is 5. The summed E-state index contributed by atoms with van der Waals surface area (Å²) in [6, 6.07) is 8.89. The Balaban J connectivity index is 1.91. The predicted octanol–water partition coefficient (Wildman–Crippen LogP) is 5.32. The number of fused-ring (bicyclic) bond motifs is 1. The summed E-state index contributed by atoms with van der Waals surface area (Å²) in [6.45, 7) is 10.2. The Kier molecular flexibility index (Phi) is 13.4. The molecule has 248 valence electrons. The van der Waals surface area contributed by atoms with Gasteiger partial charge in [-0.2, -0.15) is 0 Å². The van der Waals surface area contributed by atoms with Crippen molar-refractivity contribution in [3.8, 4) is 5.75 Å². The third kappa shape index (κ3) is 10.9. The standard InChI is InChI=1S/C33H48FN5O6/c1-21(2)35-33(43)38(6)19-30-22(3)18-39(23(4)20-40)31(41)28-17-27(37-32(42)36-26-12-10-25(34)11-13-26)14-15-29(28)45-24(5)9-7-8-16-44-30/h10-15,17,21-24,30,40H,7-9,16,18-20H2,1-6H3,(H,35,43)(H2,36,37,42)/t22-,23+,24-,30+/m0/s1. The van der Waals surface area contributed by atoms with Crippen LogP contribution >= 0.6 is 0 Å². The lowest BCUT2D eigenvalue weighted by molar-refractivity contribution is -0.0122. The summed E-state index contributed by atoms with van der Waals surface area (Å²) in [5, 5.41) is 18.4. The number of hydrogen-bond donors (Lipinski definition) is 4. The topological polar surface area (TPSA) is 132 Å². The fraction of sp³-hybridized carbons (Fsp3) is 0.545. The fourth-order valence-electron chi connectivity index (χ4n) is 5.00. The minimum Gasteiger partial charge on any atom is -0.490 e. The molecule has 0 aliphatic carbocycles. The smallest absolute Gasteiger partial charge is 0.323 e. The molecule has 1 aliphatic heterocycles. The monoisotopic (exact) mass is 629 g/mol. The van der Waals surface area contributed by atoms with Gasteiger partial charge in [0.1, 0.15) is 11.6 Å². The first-order chi connectivity index (χ1) is 21.4. The SMILES string of the molecule is CC(C)NC(=O)N(C)C[C@H]1OCCCC[C@H](C)Oc2ccc(NC(=O)Nc3ccc(F)cc3)cc2C(=O)N([C@H](C)CO)C[C@@H]1C.